The van der Waals surface area contributed by atoms with Gasteiger partial charge in [-0.15, -0.1) is 0 Å². The van der Waals surface area contributed by atoms with Crippen LogP contribution in [-0.4, -0.2) is 61.7 Å². The molecule has 3 atom stereocenters. The summed E-state index contributed by atoms with van der Waals surface area (Å²) in [5.74, 6) is 0.915. The minimum atomic E-state index is -0.454. The Morgan fingerprint density at radius 3 is 2.80 bits per heavy atom. The summed E-state index contributed by atoms with van der Waals surface area (Å²) in [5, 5.41) is 10.3. The third-order valence-corrected chi connectivity index (χ3v) is 5.02. The fourth-order valence-electron chi connectivity index (χ4n) is 3.81. The predicted octanol–water partition coefficient (Wildman–Crippen LogP) is 2.78. The molecule has 0 spiro atoms. The number of likely N-dealkylation sites (tertiary alicyclic amines) is 1. The summed E-state index contributed by atoms with van der Waals surface area (Å²) < 4.78 is 16.7. The van der Waals surface area contributed by atoms with Crippen molar-refractivity contribution in [3.8, 4) is 5.75 Å². The summed E-state index contributed by atoms with van der Waals surface area (Å²) in [6, 6.07) is 8.75. The molecule has 3 rings (SSSR count). The summed E-state index contributed by atoms with van der Waals surface area (Å²) in [6.07, 6.45) is 4.26. The summed E-state index contributed by atoms with van der Waals surface area (Å²) in [4.78, 5) is 2.37. The zero-order valence-corrected chi connectivity index (χ0v) is 15.2. The van der Waals surface area contributed by atoms with Crippen LogP contribution in [0.25, 0.3) is 0 Å². The average molecular weight is 349 g/mol. The highest BCUT2D eigenvalue weighted by molar-refractivity contribution is 5.29. The van der Waals surface area contributed by atoms with Gasteiger partial charge in [-0.05, 0) is 56.8 Å². The molecule has 2 saturated heterocycles. The number of rotatable bonds is 9. The van der Waals surface area contributed by atoms with E-state index in [0.717, 1.165) is 38.2 Å². The molecule has 2 aliphatic rings. The Morgan fingerprint density at radius 2 is 2.08 bits per heavy atom. The summed E-state index contributed by atoms with van der Waals surface area (Å²) in [6.45, 7) is 6.19. The number of aliphatic hydroxyl groups excluding tert-OH is 1. The smallest absolute Gasteiger partial charge is 0.119 e. The molecule has 2 aliphatic heterocycles. The van der Waals surface area contributed by atoms with Crippen LogP contribution in [0.4, 0.5) is 0 Å². The van der Waals surface area contributed by atoms with Crippen LogP contribution in [0.5, 0.6) is 5.75 Å². The van der Waals surface area contributed by atoms with E-state index in [-0.39, 0.29) is 6.10 Å². The van der Waals surface area contributed by atoms with Gasteiger partial charge in [0.1, 0.15) is 5.75 Å². The first-order chi connectivity index (χ1) is 12.3. The van der Waals surface area contributed by atoms with Gasteiger partial charge in [0.25, 0.3) is 0 Å². The zero-order chi connectivity index (χ0) is 17.5. The Kier molecular flexibility index (Phi) is 7.11. The lowest BCUT2D eigenvalue weighted by Crippen LogP contribution is -2.35. The minimum Gasteiger partial charge on any atom is -0.494 e. The molecule has 2 fully saturated rings. The molecular formula is C20H31NO4. The molecule has 0 radical (unpaired) electrons. The number of benzene rings is 1. The van der Waals surface area contributed by atoms with Crippen LogP contribution in [0.3, 0.4) is 0 Å². The van der Waals surface area contributed by atoms with Gasteiger partial charge in [0.2, 0.25) is 0 Å². The van der Waals surface area contributed by atoms with E-state index >= 15 is 0 Å². The molecular weight excluding hydrogens is 318 g/mol. The molecule has 1 N–H and O–H groups in total. The van der Waals surface area contributed by atoms with E-state index < -0.39 is 6.10 Å². The monoisotopic (exact) mass is 349 g/mol. The van der Waals surface area contributed by atoms with Gasteiger partial charge in [0.05, 0.1) is 32.0 Å². The molecule has 0 aromatic heterocycles. The zero-order valence-electron chi connectivity index (χ0n) is 15.2. The van der Waals surface area contributed by atoms with Crippen LogP contribution in [0.15, 0.2) is 24.3 Å². The van der Waals surface area contributed by atoms with E-state index in [1.807, 2.05) is 19.1 Å². The maximum absolute atomic E-state index is 10.3. The van der Waals surface area contributed by atoms with Gasteiger partial charge in [-0.25, -0.2) is 0 Å². The van der Waals surface area contributed by atoms with Crippen LogP contribution in [0, 0.1) is 0 Å². The Balaban J connectivity index is 1.45. The van der Waals surface area contributed by atoms with E-state index in [0.29, 0.717) is 32.4 Å². The molecule has 1 aromatic carbocycles. The first kappa shape index (κ1) is 18.6. The molecule has 140 valence electrons. The Labute approximate surface area is 150 Å². The molecule has 5 nitrogen and oxygen atoms in total. The van der Waals surface area contributed by atoms with Crippen LogP contribution >= 0.6 is 0 Å². The molecule has 3 unspecified atom stereocenters. The second kappa shape index (κ2) is 9.53. The number of hydrogen-bond acceptors (Lipinski definition) is 5. The van der Waals surface area contributed by atoms with Crippen molar-refractivity contribution in [3.05, 3.63) is 29.8 Å². The molecule has 0 saturated carbocycles. The Hall–Kier alpha value is -1.14. The van der Waals surface area contributed by atoms with Crippen molar-refractivity contribution in [3.63, 3.8) is 0 Å². The van der Waals surface area contributed by atoms with Crippen molar-refractivity contribution >= 4 is 0 Å². The van der Waals surface area contributed by atoms with Gasteiger partial charge in [0, 0.05) is 19.2 Å². The van der Waals surface area contributed by atoms with E-state index in [1.165, 1.54) is 12.0 Å². The average Bonchev–Trinajstić information content (AvgIpc) is 3.28. The van der Waals surface area contributed by atoms with Crippen molar-refractivity contribution in [1.82, 2.24) is 4.90 Å². The fourth-order valence-corrected chi connectivity index (χ4v) is 3.81. The lowest BCUT2D eigenvalue weighted by Gasteiger charge is -2.27. The van der Waals surface area contributed by atoms with Crippen molar-refractivity contribution in [2.24, 2.45) is 0 Å². The second-order valence-electron chi connectivity index (χ2n) is 6.98. The Morgan fingerprint density at radius 1 is 1.24 bits per heavy atom. The van der Waals surface area contributed by atoms with Crippen LogP contribution < -0.4 is 4.74 Å². The summed E-state index contributed by atoms with van der Waals surface area (Å²) >= 11 is 0. The van der Waals surface area contributed by atoms with Gasteiger partial charge in [0.15, 0.2) is 0 Å². The van der Waals surface area contributed by atoms with Gasteiger partial charge < -0.3 is 19.3 Å². The predicted molar refractivity (Wildman–Crippen MR) is 97.0 cm³/mol. The number of β-amino-alcohol motifs (C(OH)–C–C–N with tert-alkyl or cyclic N) is 1. The van der Waals surface area contributed by atoms with E-state index in [1.54, 1.807) is 0 Å². The molecule has 0 aliphatic carbocycles. The van der Waals surface area contributed by atoms with E-state index in [9.17, 15) is 5.11 Å². The third kappa shape index (κ3) is 5.42. The van der Waals surface area contributed by atoms with Crippen LogP contribution in [0.1, 0.15) is 44.2 Å². The Bertz CT molecular complexity index is 501. The lowest BCUT2D eigenvalue weighted by atomic mass is 10.0. The number of hydrogen-bond donors (Lipinski definition) is 1. The highest BCUT2D eigenvalue weighted by atomic mass is 16.5. The number of nitrogens with zero attached hydrogens (tertiary/aromatic N) is 1. The molecule has 0 amide bonds. The standard InChI is InChI=1S/C20H31NO4/c1-2-24-18-9-7-16(8-10-18)20-6-3-11-21(20)13-17(22)14-23-15-19-5-4-12-25-19/h7-10,17,19-20,22H,2-6,11-15H2,1H3. The summed E-state index contributed by atoms with van der Waals surface area (Å²) in [5.41, 5.74) is 1.30. The highest BCUT2D eigenvalue weighted by Gasteiger charge is 2.27. The van der Waals surface area contributed by atoms with Crippen molar-refractivity contribution in [2.45, 2.75) is 50.9 Å². The second-order valence-corrected chi connectivity index (χ2v) is 6.98. The number of aliphatic hydroxyl groups is 1. The first-order valence-electron chi connectivity index (χ1n) is 9.60. The van der Waals surface area contributed by atoms with Gasteiger partial charge in [-0.1, -0.05) is 12.1 Å². The first-order valence-corrected chi connectivity index (χ1v) is 9.60. The van der Waals surface area contributed by atoms with Gasteiger partial charge in [-0.3, -0.25) is 4.90 Å². The summed E-state index contributed by atoms with van der Waals surface area (Å²) in [7, 11) is 0. The maximum Gasteiger partial charge on any atom is 0.119 e. The highest BCUT2D eigenvalue weighted by Crippen LogP contribution is 2.32. The molecule has 5 heteroatoms. The van der Waals surface area contributed by atoms with Crippen molar-refractivity contribution in [1.29, 1.82) is 0 Å². The maximum atomic E-state index is 10.3. The molecule has 25 heavy (non-hydrogen) atoms. The number of ether oxygens (including phenoxy) is 3. The van der Waals surface area contributed by atoms with Crippen molar-refractivity contribution < 1.29 is 19.3 Å². The van der Waals surface area contributed by atoms with Gasteiger partial charge in [-0.2, -0.15) is 0 Å². The molecule has 1 aromatic rings. The lowest BCUT2D eigenvalue weighted by molar-refractivity contribution is -0.0261. The van der Waals surface area contributed by atoms with E-state index in [2.05, 4.69) is 17.0 Å². The molecule has 0 bridgehead atoms. The van der Waals surface area contributed by atoms with Crippen molar-refractivity contribution in [2.75, 3.05) is 39.5 Å². The van der Waals surface area contributed by atoms with Crippen LogP contribution in [0.2, 0.25) is 0 Å². The minimum absolute atomic E-state index is 0.218. The fraction of sp³-hybridized carbons (Fsp3) is 0.700. The van der Waals surface area contributed by atoms with Crippen LogP contribution in [-0.2, 0) is 9.47 Å². The molecule has 2 heterocycles. The quantitative estimate of drug-likeness (QED) is 0.743. The topological polar surface area (TPSA) is 51.2 Å². The largest absolute Gasteiger partial charge is 0.494 e. The SMILES string of the molecule is CCOc1ccc(C2CCCN2CC(O)COCC2CCCO2)cc1. The normalized spacial score (nSPS) is 25.4. The van der Waals surface area contributed by atoms with E-state index in [4.69, 9.17) is 14.2 Å². The third-order valence-electron chi connectivity index (χ3n) is 5.02. The van der Waals surface area contributed by atoms with Gasteiger partial charge >= 0.3 is 0 Å².